The van der Waals surface area contributed by atoms with Crippen LogP contribution in [0.25, 0.3) is 0 Å². The second-order valence-corrected chi connectivity index (χ2v) is 6.75. The van der Waals surface area contributed by atoms with E-state index in [9.17, 15) is 4.39 Å². The first-order valence-electron chi connectivity index (χ1n) is 7.77. The number of nitrogens with one attached hydrogen (secondary N) is 1. The summed E-state index contributed by atoms with van der Waals surface area (Å²) in [5, 5.41) is 0. The standard InChI is InChI=1S/C17H27FN2O/c1-17(2)10-5-4-8-13(17)14(20-19)11-12-7-6-9-15(21-3)16(12)18/h6-7,9,13-14,20H,4-5,8,10-11,19H2,1-3H3. The molecule has 0 amide bonds. The highest BCUT2D eigenvalue weighted by Gasteiger charge is 2.37. The SMILES string of the molecule is COc1cccc(CC(NN)C2CCCCC2(C)C)c1F. The Kier molecular flexibility index (Phi) is 5.22. The number of rotatable bonds is 5. The van der Waals surface area contributed by atoms with Gasteiger partial charge < -0.3 is 4.74 Å². The van der Waals surface area contributed by atoms with Gasteiger partial charge >= 0.3 is 0 Å². The van der Waals surface area contributed by atoms with Crippen LogP contribution in [0.3, 0.4) is 0 Å². The molecule has 1 aromatic carbocycles. The van der Waals surface area contributed by atoms with Crippen LogP contribution in [0.2, 0.25) is 0 Å². The van der Waals surface area contributed by atoms with Crippen LogP contribution in [0.4, 0.5) is 4.39 Å². The summed E-state index contributed by atoms with van der Waals surface area (Å²) >= 11 is 0. The van der Waals surface area contributed by atoms with E-state index in [1.165, 1.54) is 26.4 Å². The monoisotopic (exact) mass is 294 g/mol. The quantitative estimate of drug-likeness (QED) is 0.646. The van der Waals surface area contributed by atoms with Gasteiger partial charge in [-0.2, -0.15) is 0 Å². The summed E-state index contributed by atoms with van der Waals surface area (Å²) in [6.07, 6.45) is 5.44. The molecule has 0 heterocycles. The summed E-state index contributed by atoms with van der Waals surface area (Å²) in [6.45, 7) is 4.59. The molecule has 1 aliphatic rings. The van der Waals surface area contributed by atoms with E-state index in [0.717, 1.165) is 6.42 Å². The van der Waals surface area contributed by atoms with Crippen molar-refractivity contribution >= 4 is 0 Å². The highest BCUT2D eigenvalue weighted by molar-refractivity contribution is 5.31. The van der Waals surface area contributed by atoms with Gasteiger partial charge in [-0.1, -0.05) is 38.8 Å². The van der Waals surface area contributed by atoms with Crippen LogP contribution in [0, 0.1) is 17.2 Å². The fourth-order valence-electron chi connectivity index (χ4n) is 3.69. The lowest BCUT2D eigenvalue weighted by Crippen LogP contribution is -2.48. The van der Waals surface area contributed by atoms with Gasteiger partial charge in [0.25, 0.3) is 0 Å². The molecule has 2 atom stereocenters. The number of hydrogen-bond acceptors (Lipinski definition) is 3. The van der Waals surface area contributed by atoms with Crippen LogP contribution in [0.15, 0.2) is 18.2 Å². The average Bonchev–Trinajstić information content (AvgIpc) is 2.46. The molecule has 1 aliphatic carbocycles. The minimum Gasteiger partial charge on any atom is -0.494 e. The van der Waals surface area contributed by atoms with E-state index in [4.69, 9.17) is 10.6 Å². The van der Waals surface area contributed by atoms with Gasteiger partial charge in [-0.15, -0.1) is 0 Å². The van der Waals surface area contributed by atoms with Crippen molar-refractivity contribution in [2.45, 2.75) is 52.0 Å². The van der Waals surface area contributed by atoms with E-state index in [2.05, 4.69) is 19.3 Å². The van der Waals surface area contributed by atoms with Gasteiger partial charge in [-0.3, -0.25) is 11.3 Å². The Morgan fingerprint density at radius 2 is 2.19 bits per heavy atom. The highest BCUT2D eigenvalue weighted by atomic mass is 19.1. The van der Waals surface area contributed by atoms with Gasteiger partial charge in [0.1, 0.15) is 0 Å². The Morgan fingerprint density at radius 3 is 2.81 bits per heavy atom. The molecular formula is C17H27FN2O. The predicted octanol–water partition coefficient (Wildman–Crippen LogP) is 3.43. The molecule has 2 unspecified atom stereocenters. The average molecular weight is 294 g/mol. The summed E-state index contributed by atoms with van der Waals surface area (Å²) in [5.74, 6) is 6.28. The van der Waals surface area contributed by atoms with E-state index in [-0.39, 0.29) is 17.3 Å². The van der Waals surface area contributed by atoms with E-state index in [1.54, 1.807) is 6.07 Å². The van der Waals surface area contributed by atoms with Gasteiger partial charge in [0.15, 0.2) is 11.6 Å². The molecule has 0 spiro atoms. The molecule has 21 heavy (non-hydrogen) atoms. The molecule has 118 valence electrons. The van der Waals surface area contributed by atoms with Crippen LogP contribution >= 0.6 is 0 Å². The lowest BCUT2D eigenvalue weighted by Gasteiger charge is -2.43. The Morgan fingerprint density at radius 1 is 1.43 bits per heavy atom. The lowest BCUT2D eigenvalue weighted by molar-refractivity contribution is 0.0978. The fourth-order valence-corrected chi connectivity index (χ4v) is 3.69. The number of ether oxygens (including phenoxy) is 1. The van der Waals surface area contributed by atoms with E-state index >= 15 is 0 Å². The van der Waals surface area contributed by atoms with E-state index < -0.39 is 0 Å². The predicted molar refractivity (Wildman–Crippen MR) is 83.5 cm³/mol. The van der Waals surface area contributed by atoms with Crippen molar-refractivity contribution in [2.75, 3.05) is 7.11 Å². The molecule has 1 fully saturated rings. The third-order valence-electron chi connectivity index (χ3n) is 4.99. The van der Waals surface area contributed by atoms with Crippen molar-refractivity contribution in [1.82, 2.24) is 5.43 Å². The summed E-state index contributed by atoms with van der Waals surface area (Å²) in [7, 11) is 1.49. The zero-order valence-electron chi connectivity index (χ0n) is 13.3. The summed E-state index contributed by atoms with van der Waals surface area (Å²) in [5.41, 5.74) is 3.84. The molecule has 2 rings (SSSR count). The third kappa shape index (κ3) is 3.55. The van der Waals surface area contributed by atoms with Crippen molar-refractivity contribution in [3.63, 3.8) is 0 Å². The van der Waals surface area contributed by atoms with Crippen molar-refractivity contribution in [3.05, 3.63) is 29.6 Å². The van der Waals surface area contributed by atoms with Gasteiger partial charge in [-0.05, 0) is 42.2 Å². The van der Waals surface area contributed by atoms with Crippen molar-refractivity contribution in [3.8, 4) is 5.75 Å². The second-order valence-electron chi connectivity index (χ2n) is 6.75. The Bertz CT molecular complexity index is 476. The van der Waals surface area contributed by atoms with E-state index in [0.29, 0.717) is 23.7 Å². The highest BCUT2D eigenvalue weighted by Crippen LogP contribution is 2.43. The Hall–Kier alpha value is -1.13. The van der Waals surface area contributed by atoms with E-state index in [1.807, 2.05) is 12.1 Å². The first-order chi connectivity index (χ1) is 9.99. The first-order valence-corrected chi connectivity index (χ1v) is 7.77. The maximum Gasteiger partial charge on any atom is 0.168 e. The van der Waals surface area contributed by atoms with Gasteiger partial charge in [0.05, 0.1) is 7.11 Å². The van der Waals surface area contributed by atoms with Crippen molar-refractivity contribution in [2.24, 2.45) is 17.2 Å². The number of halogens is 1. The Balaban J connectivity index is 2.19. The normalized spacial score (nSPS) is 22.8. The molecule has 0 aliphatic heterocycles. The van der Waals surface area contributed by atoms with Gasteiger partial charge in [0, 0.05) is 6.04 Å². The van der Waals surface area contributed by atoms with Crippen LogP contribution in [-0.4, -0.2) is 13.2 Å². The number of nitrogens with two attached hydrogens (primary N) is 1. The molecule has 0 saturated heterocycles. The van der Waals surface area contributed by atoms with Crippen LogP contribution in [0.5, 0.6) is 5.75 Å². The minimum atomic E-state index is -0.270. The van der Waals surface area contributed by atoms with Gasteiger partial charge in [-0.25, -0.2) is 4.39 Å². The Labute approximate surface area is 127 Å². The van der Waals surface area contributed by atoms with Crippen LogP contribution in [0.1, 0.15) is 45.1 Å². The number of hydrazine groups is 1. The van der Waals surface area contributed by atoms with Crippen molar-refractivity contribution in [1.29, 1.82) is 0 Å². The summed E-state index contributed by atoms with van der Waals surface area (Å²) in [4.78, 5) is 0. The second kappa shape index (κ2) is 6.75. The summed E-state index contributed by atoms with van der Waals surface area (Å²) < 4.78 is 19.4. The maximum absolute atomic E-state index is 14.3. The third-order valence-corrected chi connectivity index (χ3v) is 4.99. The molecule has 1 aromatic rings. The smallest absolute Gasteiger partial charge is 0.168 e. The first kappa shape index (κ1) is 16.2. The maximum atomic E-state index is 14.3. The molecular weight excluding hydrogens is 267 g/mol. The number of methoxy groups -OCH3 is 1. The largest absolute Gasteiger partial charge is 0.494 e. The van der Waals surface area contributed by atoms with Crippen LogP contribution in [-0.2, 0) is 6.42 Å². The molecule has 1 saturated carbocycles. The zero-order chi connectivity index (χ0) is 15.5. The van der Waals surface area contributed by atoms with Crippen LogP contribution < -0.4 is 16.0 Å². The van der Waals surface area contributed by atoms with Crippen molar-refractivity contribution < 1.29 is 9.13 Å². The molecule has 3 nitrogen and oxygen atoms in total. The molecule has 0 aromatic heterocycles. The van der Waals surface area contributed by atoms with Gasteiger partial charge in [0.2, 0.25) is 0 Å². The molecule has 0 radical (unpaired) electrons. The number of hydrogen-bond donors (Lipinski definition) is 2. The molecule has 4 heteroatoms. The minimum absolute atomic E-state index is 0.0851. The molecule has 0 bridgehead atoms. The number of benzene rings is 1. The lowest BCUT2D eigenvalue weighted by atomic mass is 9.65. The fraction of sp³-hybridized carbons (Fsp3) is 0.647. The molecule has 3 N–H and O–H groups in total. The summed E-state index contributed by atoms with van der Waals surface area (Å²) in [6, 6.07) is 5.38. The topological polar surface area (TPSA) is 47.3 Å². The zero-order valence-corrected chi connectivity index (χ0v) is 13.3.